The average Bonchev–Trinajstić information content (AvgIpc) is 2.47. The highest BCUT2D eigenvalue weighted by Crippen LogP contribution is 2.20. The van der Waals surface area contributed by atoms with Gasteiger partial charge in [0, 0.05) is 26.2 Å². The Morgan fingerprint density at radius 3 is 3.05 bits per heavy atom. The molecule has 0 aromatic carbocycles. The number of halogens is 1. The Morgan fingerprint density at radius 2 is 2.35 bits per heavy atom. The van der Waals surface area contributed by atoms with Crippen molar-refractivity contribution < 1.29 is 9.53 Å². The predicted molar refractivity (Wildman–Crippen MR) is 77.8 cm³/mol. The van der Waals surface area contributed by atoms with Crippen molar-refractivity contribution in [3.8, 4) is 0 Å². The van der Waals surface area contributed by atoms with E-state index in [1.807, 2.05) is 0 Å². The zero-order valence-corrected chi connectivity index (χ0v) is 13.0. The Hall–Kier alpha value is -1.57. The van der Waals surface area contributed by atoms with Crippen LogP contribution in [0.2, 0.25) is 0 Å². The number of hydrogen-bond acceptors (Lipinski definition) is 5. The lowest BCUT2D eigenvalue weighted by atomic mass is 10.1. The monoisotopic (exact) mass is 344 g/mol. The molecule has 1 aromatic heterocycles. The zero-order valence-electron chi connectivity index (χ0n) is 11.4. The molecule has 1 saturated heterocycles. The fraction of sp³-hybridized carbons (Fsp3) is 0.583. The van der Waals surface area contributed by atoms with Gasteiger partial charge in [-0.25, -0.2) is 9.48 Å². The highest BCUT2D eigenvalue weighted by atomic mass is 79.9. The van der Waals surface area contributed by atoms with E-state index in [0.29, 0.717) is 23.2 Å². The molecule has 2 heterocycles. The molecule has 1 unspecified atom stereocenters. The minimum Gasteiger partial charge on any atom is -0.453 e. The molecule has 110 valence electrons. The summed E-state index contributed by atoms with van der Waals surface area (Å²) in [6.45, 7) is 1.25. The number of carbonyl (C=O) groups is 1. The Bertz CT molecular complexity index is 560. The quantitative estimate of drug-likeness (QED) is 0.871. The summed E-state index contributed by atoms with van der Waals surface area (Å²) >= 11 is 3.27. The normalized spacial score (nSPS) is 18.8. The molecule has 2 rings (SSSR count). The highest BCUT2D eigenvalue weighted by Gasteiger charge is 2.24. The Morgan fingerprint density at radius 1 is 1.60 bits per heavy atom. The van der Waals surface area contributed by atoms with Crippen molar-refractivity contribution >= 4 is 27.7 Å². The first-order chi connectivity index (χ1) is 9.52. The minimum absolute atomic E-state index is 0.0769. The van der Waals surface area contributed by atoms with Crippen LogP contribution in [0.25, 0.3) is 0 Å². The molecule has 1 N–H and O–H groups in total. The number of hydrogen-bond donors (Lipinski definition) is 1. The molecule has 0 spiro atoms. The van der Waals surface area contributed by atoms with Crippen LogP contribution in [0.15, 0.2) is 15.5 Å². The number of nitrogens with one attached hydrogen (secondary N) is 1. The number of amides is 1. The van der Waals surface area contributed by atoms with Crippen LogP contribution in [0.3, 0.4) is 0 Å². The number of aromatic nitrogens is 2. The van der Waals surface area contributed by atoms with Gasteiger partial charge in [-0.1, -0.05) is 0 Å². The van der Waals surface area contributed by atoms with Crippen molar-refractivity contribution in [3.05, 3.63) is 21.0 Å². The maximum Gasteiger partial charge on any atom is 0.409 e. The van der Waals surface area contributed by atoms with Gasteiger partial charge in [0.05, 0.1) is 19.0 Å². The number of aryl methyl sites for hydroxylation is 1. The van der Waals surface area contributed by atoms with E-state index in [1.165, 1.54) is 11.8 Å². The molecule has 1 aliphatic rings. The van der Waals surface area contributed by atoms with E-state index in [-0.39, 0.29) is 17.7 Å². The molecular formula is C12H17BrN4O3. The van der Waals surface area contributed by atoms with Gasteiger partial charge in [0.1, 0.15) is 4.47 Å². The van der Waals surface area contributed by atoms with E-state index < -0.39 is 0 Å². The molecule has 1 aromatic rings. The summed E-state index contributed by atoms with van der Waals surface area (Å²) < 4.78 is 6.44. The van der Waals surface area contributed by atoms with Crippen LogP contribution in [-0.2, 0) is 11.8 Å². The standard InChI is InChI=1S/C12H17BrN4O3/c1-16-11(18)10(13)9(6-14-16)15-8-4-3-5-17(7-8)12(19)20-2/h6,8,15H,3-5,7H2,1-2H3. The zero-order chi connectivity index (χ0) is 14.7. The number of likely N-dealkylation sites (tertiary alicyclic amines) is 1. The lowest BCUT2D eigenvalue weighted by molar-refractivity contribution is 0.113. The van der Waals surface area contributed by atoms with E-state index in [2.05, 4.69) is 26.3 Å². The maximum atomic E-state index is 11.8. The molecule has 8 heteroatoms. The first-order valence-electron chi connectivity index (χ1n) is 6.34. The largest absolute Gasteiger partial charge is 0.453 e. The fourth-order valence-corrected chi connectivity index (χ4v) is 2.69. The van der Waals surface area contributed by atoms with E-state index in [0.717, 1.165) is 12.8 Å². The van der Waals surface area contributed by atoms with Gasteiger partial charge in [0.25, 0.3) is 5.56 Å². The number of ether oxygens (including phenoxy) is 1. The first-order valence-corrected chi connectivity index (χ1v) is 7.13. The molecule has 1 fully saturated rings. The molecule has 0 radical (unpaired) electrons. The predicted octanol–water partition coefficient (Wildman–Crippen LogP) is 1.19. The number of rotatable bonds is 2. The number of methoxy groups -OCH3 is 1. The van der Waals surface area contributed by atoms with Gasteiger partial charge in [-0.15, -0.1) is 0 Å². The van der Waals surface area contributed by atoms with Crippen molar-refractivity contribution in [2.24, 2.45) is 7.05 Å². The number of piperidine rings is 1. The SMILES string of the molecule is COC(=O)N1CCCC(Nc2cnn(C)c(=O)c2Br)C1. The summed E-state index contributed by atoms with van der Waals surface area (Å²) in [5.41, 5.74) is 0.445. The third-order valence-corrected chi connectivity index (χ3v) is 4.06. The topological polar surface area (TPSA) is 76.5 Å². The van der Waals surface area contributed by atoms with Crippen LogP contribution in [0.4, 0.5) is 10.5 Å². The summed E-state index contributed by atoms with van der Waals surface area (Å²) in [5.74, 6) is 0. The van der Waals surface area contributed by atoms with Gasteiger partial charge < -0.3 is 15.0 Å². The molecule has 7 nitrogen and oxygen atoms in total. The molecule has 0 bridgehead atoms. The highest BCUT2D eigenvalue weighted by molar-refractivity contribution is 9.10. The van der Waals surface area contributed by atoms with E-state index in [4.69, 9.17) is 4.74 Å². The fourth-order valence-electron chi connectivity index (χ4n) is 2.22. The summed E-state index contributed by atoms with van der Waals surface area (Å²) in [4.78, 5) is 25.0. The van der Waals surface area contributed by atoms with Crippen molar-refractivity contribution in [2.75, 3.05) is 25.5 Å². The minimum atomic E-state index is -0.322. The average molecular weight is 345 g/mol. The Labute approximate surface area is 125 Å². The number of carbonyl (C=O) groups excluding carboxylic acids is 1. The van der Waals surface area contributed by atoms with Crippen molar-refractivity contribution in [3.63, 3.8) is 0 Å². The van der Waals surface area contributed by atoms with Crippen LogP contribution in [0.1, 0.15) is 12.8 Å². The van der Waals surface area contributed by atoms with Crippen LogP contribution in [0, 0.1) is 0 Å². The van der Waals surface area contributed by atoms with Gasteiger partial charge in [0.15, 0.2) is 0 Å². The van der Waals surface area contributed by atoms with Gasteiger partial charge >= 0.3 is 6.09 Å². The molecule has 1 amide bonds. The van der Waals surface area contributed by atoms with Crippen LogP contribution in [0.5, 0.6) is 0 Å². The van der Waals surface area contributed by atoms with E-state index in [9.17, 15) is 9.59 Å². The molecule has 20 heavy (non-hydrogen) atoms. The second-order valence-corrected chi connectivity index (χ2v) is 5.49. The molecule has 0 saturated carbocycles. The van der Waals surface area contributed by atoms with Crippen molar-refractivity contribution in [1.29, 1.82) is 0 Å². The summed E-state index contributed by atoms with van der Waals surface area (Å²) in [7, 11) is 2.97. The lowest BCUT2D eigenvalue weighted by Crippen LogP contribution is -2.45. The van der Waals surface area contributed by atoms with Crippen molar-refractivity contribution in [1.82, 2.24) is 14.7 Å². The number of nitrogens with zero attached hydrogens (tertiary/aromatic N) is 3. The molecule has 0 aliphatic carbocycles. The summed E-state index contributed by atoms with van der Waals surface area (Å²) in [6.07, 6.45) is 3.10. The van der Waals surface area contributed by atoms with Crippen LogP contribution in [-0.4, -0.2) is 47.0 Å². The van der Waals surface area contributed by atoms with Gasteiger partial charge in [-0.2, -0.15) is 5.10 Å². The van der Waals surface area contributed by atoms with Gasteiger partial charge in [-0.3, -0.25) is 4.79 Å². The van der Waals surface area contributed by atoms with Crippen LogP contribution >= 0.6 is 15.9 Å². The van der Waals surface area contributed by atoms with Crippen molar-refractivity contribution in [2.45, 2.75) is 18.9 Å². The van der Waals surface area contributed by atoms with Crippen LogP contribution < -0.4 is 10.9 Å². The Kier molecular flexibility index (Phi) is 4.64. The summed E-state index contributed by atoms with van der Waals surface area (Å²) in [5, 5.41) is 7.24. The molecule has 1 atom stereocenters. The molecule has 1 aliphatic heterocycles. The summed E-state index contributed by atoms with van der Waals surface area (Å²) in [6, 6.07) is 0.0769. The van der Waals surface area contributed by atoms with Gasteiger partial charge in [0.2, 0.25) is 0 Å². The smallest absolute Gasteiger partial charge is 0.409 e. The number of anilines is 1. The second-order valence-electron chi connectivity index (χ2n) is 4.70. The van der Waals surface area contributed by atoms with E-state index in [1.54, 1.807) is 18.1 Å². The third-order valence-electron chi connectivity index (χ3n) is 3.29. The van der Waals surface area contributed by atoms with Gasteiger partial charge in [-0.05, 0) is 28.8 Å². The molecular weight excluding hydrogens is 328 g/mol. The lowest BCUT2D eigenvalue weighted by Gasteiger charge is -2.32. The first kappa shape index (κ1) is 14.8. The third kappa shape index (κ3) is 3.12. The maximum absolute atomic E-state index is 11.8. The second kappa shape index (κ2) is 6.25. The van der Waals surface area contributed by atoms with E-state index >= 15 is 0 Å². The Balaban J connectivity index is 2.08.